The summed E-state index contributed by atoms with van der Waals surface area (Å²) in [4.78, 5) is 24.0. The van der Waals surface area contributed by atoms with Crippen molar-refractivity contribution in [3.63, 3.8) is 0 Å². The van der Waals surface area contributed by atoms with Crippen molar-refractivity contribution in [1.29, 1.82) is 5.26 Å². The smallest absolute Gasteiger partial charge is 0.263 e. The highest BCUT2D eigenvalue weighted by molar-refractivity contribution is 5.97. The van der Waals surface area contributed by atoms with Crippen LogP contribution < -0.4 is 16.0 Å². The predicted octanol–water partition coefficient (Wildman–Crippen LogP) is 0.869. The van der Waals surface area contributed by atoms with Gasteiger partial charge in [-0.15, -0.1) is 0 Å². The van der Waals surface area contributed by atoms with Crippen molar-refractivity contribution in [3.05, 3.63) is 47.7 Å². The number of nitriles is 1. The minimum Gasteiger partial charge on any atom is -0.351 e. The molecule has 1 heterocycles. The van der Waals surface area contributed by atoms with Gasteiger partial charge in [0.25, 0.3) is 5.91 Å². The second kappa shape index (κ2) is 9.48. The van der Waals surface area contributed by atoms with Crippen LogP contribution in [-0.4, -0.2) is 31.4 Å². The number of rotatable bonds is 6. The van der Waals surface area contributed by atoms with Crippen LogP contribution in [0.15, 0.2) is 42.1 Å². The third kappa shape index (κ3) is 5.52. The Morgan fingerprint density at radius 1 is 1.25 bits per heavy atom. The van der Waals surface area contributed by atoms with Crippen LogP contribution in [0.25, 0.3) is 0 Å². The van der Waals surface area contributed by atoms with E-state index in [0.29, 0.717) is 13.0 Å². The standard InChI is InChI=1S/C18H22N4O2/c19-12-16(13-22-17(23)15-7-9-20-10-8-15)18(24)21-11-6-14-4-2-1-3-5-14/h1-5,13,15,20H,6-11H2,(H,21,24)(H,22,23)/b16-13-. The van der Waals surface area contributed by atoms with E-state index >= 15 is 0 Å². The van der Waals surface area contributed by atoms with E-state index in [0.717, 1.165) is 31.5 Å². The van der Waals surface area contributed by atoms with Gasteiger partial charge in [-0.1, -0.05) is 30.3 Å². The van der Waals surface area contributed by atoms with E-state index in [-0.39, 0.29) is 17.4 Å². The molecular formula is C18H22N4O2. The van der Waals surface area contributed by atoms with Gasteiger partial charge in [0.15, 0.2) is 0 Å². The van der Waals surface area contributed by atoms with Crippen molar-refractivity contribution in [2.24, 2.45) is 5.92 Å². The lowest BCUT2D eigenvalue weighted by atomic mass is 9.97. The molecule has 6 nitrogen and oxygen atoms in total. The molecule has 1 fully saturated rings. The number of carbonyl (C=O) groups excluding carboxylic acids is 2. The van der Waals surface area contributed by atoms with Gasteiger partial charge in [-0.25, -0.2) is 0 Å². The van der Waals surface area contributed by atoms with Crippen LogP contribution in [0.5, 0.6) is 0 Å². The normalized spacial score (nSPS) is 15.4. The summed E-state index contributed by atoms with van der Waals surface area (Å²) in [5.41, 5.74) is 1.02. The summed E-state index contributed by atoms with van der Waals surface area (Å²) in [6.45, 7) is 2.06. The molecule has 0 radical (unpaired) electrons. The number of nitrogens with one attached hydrogen (secondary N) is 3. The topological polar surface area (TPSA) is 94.0 Å². The Bertz CT molecular complexity index is 628. The average Bonchev–Trinajstić information content (AvgIpc) is 2.63. The first-order valence-corrected chi connectivity index (χ1v) is 8.14. The third-order valence-electron chi connectivity index (χ3n) is 3.98. The molecule has 3 N–H and O–H groups in total. The molecule has 24 heavy (non-hydrogen) atoms. The van der Waals surface area contributed by atoms with Crippen LogP contribution in [0.3, 0.4) is 0 Å². The summed E-state index contributed by atoms with van der Waals surface area (Å²) in [6, 6.07) is 11.6. The van der Waals surface area contributed by atoms with Gasteiger partial charge in [0.2, 0.25) is 5.91 Å². The van der Waals surface area contributed by atoms with Crippen LogP contribution in [0.4, 0.5) is 0 Å². The number of benzene rings is 1. The zero-order valence-corrected chi connectivity index (χ0v) is 13.5. The second-order valence-corrected chi connectivity index (χ2v) is 5.69. The van der Waals surface area contributed by atoms with Gasteiger partial charge >= 0.3 is 0 Å². The molecule has 0 saturated carbocycles. The Balaban J connectivity index is 1.79. The molecule has 126 valence electrons. The molecular weight excluding hydrogens is 304 g/mol. The molecule has 6 heteroatoms. The van der Waals surface area contributed by atoms with E-state index in [4.69, 9.17) is 5.26 Å². The zero-order valence-electron chi connectivity index (χ0n) is 13.5. The molecule has 2 amide bonds. The van der Waals surface area contributed by atoms with Gasteiger partial charge in [-0.3, -0.25) is 9.59 Å². The number of hydrogen-bond donors (Lipinski definition) is 3. The summed E-state index contributed by atoms with van der Waals surface area (Å²) < 4.78 is 0. The average molecular weight is 326 g/mol. The molecule has 0 bridgehead atoms. The first-order valence-electron chi connectivity index (χ1n) is 8.14. The largest absolute Gasteiger partial charge is 0.351 e. The van der Waals surface area contributed by atoms with E-state index < -0.39 is 5.91 Å². The zero-order chi connectivity index (χ0) is 17.2. The van der Waals surface area contributed by atoms with Gasteiger partial charge in [0, 0.05) is 18.7 Å². The van der Waals surface area contributed by atoms with Crippen molar-refractivity contribution in [2.45, 2.75) is 19.3 Å². The molecule has 1 aromatic carbocycles. The Morgan fingerprint density at radius 2 is 1.96 bits per heavy atom. The van der Waals surface area contributed by atoms with Crippen molar-refractivity contribution in [3.8, 4) is 6.07 Å². The number of piperidine rings is 1. The Kier molecular flexibility index (Phi) is 6.99. The summed E-state index contributed by atoms with van der Waals surface area (Å²) in [6.07, 6.45) is 3.44. The minimum atomic E-state index is -0.473. The molecule has 0 aromatic heterocycles. The number of nitrogens with zero attached hydrogens (tertiary/aromatic N) is 1. The minimum absolute atomic E-state index is 0.0661. The first kappa shape index (κ1) is 17.7. The van der Waals surface area contributed by atoms with Crippen molar-refractivity contribution in [2.75, 3.05) is 19.6 Å². The SMILES string of the molecule is N#C/C(=C/NC(=O)C1CCNCC1)C(=O)NCCc1ccccc1. The van der Waals surface area contributed by atoms with Crippen LogP contribution in [0, 0.1) is 17.2 Å². The third-order valence-corrected chi connectivity index (χ3v) is 3.98. The monoisotopic (exact) mass is 326 g/mol. The van der Waals surface area contributed by atoms with Crippen molar-refractivity contribution >= 4 is 11.8 Å². The summed E-state index contributed by atoms with van der Waals surface area (Å²) in [7, 11) is 0. The Hall–Kier alpha value is -2.65. The maximum atomic E-state index is 12.0. The fourth-order valence-corrected chi connectivity index (χ4v) is 2.55. The predicted molar refractivity (Wildman–Crippen MR) is 90.6 cm³/mol. The molecule has 1 saturated heterocycles. The first-order chi connectivity index (χ1) is 11.7. The maximum Gasteiger partial charge on any atom is 0.263 e. The number of carbonyl (C=O) groups is 2. The van der Waals surface area contributed by atoms with E-state index in [9.17, 15) is 9.59 Å². The van der Waals surface area contributed by atoms with E-state index in [1.54, 1.807) is 0 Å². The van der Waals surface area contributed by atoms with E-state index in [1.807, 2.05) is 36.4 Å². The lowest BCUT2D eigenvalue weighted by molar-refractivity contribution is -0.124. The van der Waals surface area contributed by atoms with Crippen LogP contribution >= 0.6 is 0 Å². The molecule has 1 aromatic rings. The van der Waals surface area contributed by atoms with Gasteiger partial charge in [-0.2, -0.15) is 5.26 Å². The number of hydrogen-bond acceptors (Lipinski definition) is 4. The molecule has 1 aliphatic rings. The molecule has 2 rings (SSSR count). The Morgan fingerprint density at radius 3 is 2.62 bits per heavy atom. The fraction of sp³-hybridized carbons (Fsp3) is 0.389. The van der Waals surface area contributed by atoms with Gasteiger partial charge in [0.1, 0.15) is 11.6 Å². The highest BCUT2D eigenvalue weighted by Gasteiger charge is 2.20. The van der Waals surface area contributed by atoms with Crippen molar-refractivity contribution in [1.82, 2.24) is 16.0 Å². The highest BCUT2D eigenvalue weighted by atomic mass is 16.2. The molecule has 0 aliphatic carbocycles. The lowest BCUT2D eigenvalue weighted by Gasteiger charge is -2.20. The fourth-order valence-electron chi connectivity index (χ4n) is 2.55. The van der Waals surface area contributed by atoms with Crippen LogP contribution in [-0.2, 0) is 16.0 Å². The molecule has 0 atom stereocenters. The van der Waals surface area contributed by atoms with Crippen LogP contribution in [0.1, 0.15) is 18.4 Å². The Labute approximate surface area is 141 Å². The van der Waals surface area contributed by atoms with Gasteiger partial charge in [0.05, 0.1) is 0 Å². The molecule has 0 unspecified atom stereocenters. The molecule has 0 spiro atoms. The van der Waals surface area contributed by atoms with Gasteiger partial charge in [-0.05, 0) is 37.9 Å². The van der Waals surface area contributed by atoms with Gasteiger partial charge < -0.3 is 16.0 Å². The van der Waals surface area contributed by atoms with Crippen molar-refractivity contribution < 1.29 is 9.59 Å². The van der Waals surface area contributed by atoms with E-state index in [2.05, 4.69) is 16.0 Å². The second-order valence-electron chi connectivity index (χ2n) is 5.69. The quantitative estimate of drug-likeness (QED) is 0.534. The maximum absolute atomic E-state index is 12.0. The van der Waals surface area contributed by atoms with Crippen LogP contribution in [0.2, 0.25) is 0 Å². The number of amides is 2. The lowest BCUT2D eigenvalue weighted by Crippen LogP contribution is -2.37. The summed E-state index contributed by atoms with van der Waals surface area (Å²) in [5, 5.41) is 17.6. The highest BCUT2D eigenvalue weighted by Crippen LogP contribution is 2.11. The summed E-state index contributed by atoms with van der Waals surface area (Å²) in [5.74, 6) is -0.677. The summed E-state index contributed by atoms with van der Waals surface area (Å²) >= 11 is 0. The molecule has 1 aliphatic heterocycles. The van der Waals surface area contributed by atoms with E-state index in [1.165, 1.54) is 6.20 Å².